The number of pyridine rings is 1. The number of nitrogens with zero attached hydrogens (tertiary/aromatic N) is 1. The van der Waals surface area contributed by atoms with Crippen molar-refractivity contribution in [2.75, 3.05) is 6.54 Å². The average Bonchev–Trinajstić information content (AvgIpc) is 2.76. The first kappa shape index (κ1) is 12.6. The fourth-order valence-electron chi connectivity index (χ4n) is 1.67. The largest absolute Gasteiger partial charge is 0.310 e. The van der Waals surface area contributed by atoms with Crippen LogP contribution in [0.25, 0.3) is 0 Å². The van der Waals surface area contributed by atoms with Crippen molar-refractivity contribution < 1.29 is 0 Å². The van der Waals surface area contributed by atoms with E-state index in [1.807, 2.05) is 30.6 Å². The molecule has 0 spiro atoms. The summed E-state index contributed by atoms with van der Waals surface area (Å²) in [5.41, 5.74) is 1.27. The Kier molecular flexibility index (Phi) is 4.54. The summed E-state index contributed by atoms with van der Waals surface area (Å²) >= 11 is 7.54. The molecule has 0 saturated carbocycles. The number of rotatable bonds is 5. The van der Waals surface area contributed by atoms with Gasteiger partial charge in [-0.25, -0.2) is 0 Å². The molecular weight excluding hydrogens is 252 g/mol. The molecule has 0 aromatic carbocycles. The van der Waals surface area contributed by atoms with Gasteiger partial charge in [0.1, 0.15) is 0 Å². The molecular formula is C13H15ClN2S. The van der Waals surface area contributed by atoms with Crippen molar-refractivity contribution in [3.63, 3.8) is 0 Å². The second kappa shape index (κ2) is 6.15. The van der Waals surface area contributed by atoms with E-state index in [1.165, 1.54) is 10.4 Å². The maximum absolute atomic E-state index is 5.89. The topological polar surface area (TPSA) is 24.9 Å². The Morgan fingerprint density at radius 3 is 2.71 bits per heavy atom. The highest BCUT2D eigenvalue weighted by Crippen LogP contribution is 2.21. The van der Waals surface area contributed by atoms with E-state index in [-0.39, 0.29) is 0 Å². The zero-order valence-electron chi connectivity index (χ0n) is 9.69. The van der Waals surface area contributed by atoms with Gasteiger partial charge in [0.05, 0.1) is 4.34 Å². The van der Waals surface area contributed by atoms with Crippen molar-refractivity contribution in [3.8, 4) is 0 Å². The molecule has 1 N–H and O–H groups in total. The normalized spacial score (nSPS) is 12.6. The molecule has 0 amide bonds. The number of hydrogen-bond acceptors (Lipinski definition) is 3. The van der Waals surface area contributed by atoms with Crippen LogP contribution in [0.5, 0.6) is 0 Å². The molecule has 90 valence electrons. The van der Waals surface area contributed by atoms with Crippen LogP contribution in [-0.4, -0.2) is 11.5 Å². The Hall–Kier alpha value is -0.900. The van der Waals surface area contributed by atoms with Crippen LogP contribution >= 0.6 is 22.9 Å². The highest BCUT2D eigenvalue weighted by atomic mass is 35.5. The lowest BCUT2D eigenvalue weighted by molar-refractivity contribution is 0.578. The SMILES string of the molecule is CC(NCCc1ccc(Cl)s1)c1ccncc1. The van der Waals surface area contributed by atoms with Crippen molar-refractivity contribution in [3.05, 3.63) is 51.4 Å². The third-order valence-electron chi connectivity index (χ3n) is 2.66. The van der Waals surface area contributed by atoms with Crippen LogP contribution < -0.4 is 5.32 Å². The van der Waals surface area contributed by atoms with Crippen LogP contribution in [0.15, 0.2) is 36.7 Å². The Bertz CT molecular complexity index is 455. The standard InChI is InChI=1S/C13H15ClN2S/c1-10(11-4-7-15-8-5-11)16-9-6-12-2-3-13(14)17-12/h2-5,7-8,10,16H,6,9H2,1H3. The predicted octanol–water partition coefficient (Wildman–Crippen LogP) is 3.69. The fourth-order valence-corrected chi connectivity index (χ4v) is 2.76. The zero-order chi connectivity index (χ0) is 12.1. The van der Waals surface area contributed by atoms with Crippen LogP contribution in [-0.2, 0) is 6.42 Å². The van der Waals surface area contributed by atoms with Gasteiger partial charge in [-0.1, -0.05) is 11.6 Å². The number of hydrogen-bond donors (Lipinski definition) is 1. The molecule has 4 heteroatoms. The number of thiophene rings is 1. The average molecular weight is 267 g/mol. The fraction of sp³-hybridized carbons (Fsp3) is 0.308. The molecule has 0 aliphatic rings. The molecule has 2 aromatic heterocycles. The number of aromatic nitrogens is 1. The molecule has 1 unspecified atom stereocenters. The van der Waals surface area contributed by atoms with Crippen LogP contribution in [0.1, 0.15) is 23.4 Å². The van der Waals surface area contributed by atoms with Crippen molar-refractivity contribution in [2.45, 2.75) is 19.4 Å². The summed E-state index contributed by atoms with van der Waals surface area (Å²) in [5, 5.41) is 3.49. The van der Waals surface area contributed by atoms with Gasteiger partial charge < -0.3 is 5.32 Å². The third-order valence-corrected chi connectivity index (χ3v) is 3.95. The van der Waals surface area contributed by atoms with Crippen molar-refractivity contribution in [2.24, 2.45) is 0 Å². The first-order valence-electron chi connectivity index (χ1n) is 5.63. The molecule has 0 fully saturated rings. The first-order chi connectivity index (χ1) is 8.25. The molecule has 0 aliphatic heterocycles. The van der Waals surface area contributed by atoms with Gasteiger partial charge in [-0.15, -0.1) is 11.3 Å². The van der Waals surface area contributed by atoms with Crippen LogP contribution in [0.4, 0.5) is 0 Å². The minimum Gasteiger partial charge on any atom is -0.310 e. The van der Waals surface area contributed by atoms with Crippen LogP contribution in [0.3, 0.4) is 0 Å². The minimum absolute atomic E-state index is 0.355. The second-order valence-electron chi connectivity index (χ2n) is 3.91. The molecule has 2 nitrogen and oxygen atoms in total. The van der Waals surface area contributed by atoms with E-state index >= 15 is 0 Å². The van der Waals surface area contributed by atoms with Gasteiger partial charge in [0.25, 0.3) is 0 Å². The van der Waals surface area contributed by atoms with E-state index in [9.17, 15) is 0 Å². The van der Waals surface area contributed by atoms with E-state index in [4.69, 9.17) is 11.6 Å². The molecule has 2 rings (SSSR count). The van der Waals surface area contributed by atoms with E-state index in [0.717, 1.165) is 17.3 Å². The van der Waals surface area contributed by atoms with E-state index < -0.39 is 0 Å². The lowest BCUT2D eigenvalue weighted by atomic mass is 10.1. The molecule has 2 heterocycles. The van der Waals surface area contributed by atoms with Crippen molar-refractivity contribution in [1.29, 1.82) is 0 Å². The first-order valence-corrected chi connectivity index (χ1v) is 6.82. The van der Waals surface area contributed by atoms with E-state index in [1.54, 1.807) is 11.3 Å². The zero-order valence-corrected chi connectivity index (χ0v) is 11.3. The van der Waals surface area contributed by atoms with Crippen LogP contribution in [0.2, 0.25) is 4.34 Å². The van der Waals surface area contributed by atoms with Crippen molar-refractivity contribution >= 4 is 22.9 Å². The number of nitrogens with one attached hydrogen (secondary N) is 1. The highest BCUT2D eigenvalue weighted by Gasteiger charge is 2.04. The number of halogens is 1. The third kappa shape index (κ3) is 3.80. The summed E-state index contributed by atoms with van der Waals surface area (Å²) in [7, 11) is 0. The van der Waals surface area contributed by atoms with Gasteiger partial charge in [0.2, 0.25) is 0 Å². The molecule has 2 aromatic rings. The second-order valence-corrected chi connectivity index (χ2v) is 5.71. The molecule has 0 radical (unpaired) electrons. The summed E-state index contributed by atoms with van der Waals surface area (Å²) in [6.45, 7) is 3.12. The molecule has 1 atom stereocenters. The summed E-state index contributed by atoms with van der Waals surface area (Å²) in [4.78, 5) is 5.34. The van der Waals surface area contributed by atoms with Gasteiger partial charge in [-0.05, 0) is 43.2 Å². The van der Waals surface area contributed by atoms with E-state index in [2.05, 4.69) is 23.3 Å². The maximum atomic E-state index is 5.89. The van der Waals surface area contributed by atoms with Gasteiger partial charge in [-0.2, -0.15) is 0 Å². The minimum atomic E-state index is 0.355. The Morgan fingerprint density at radius 1 is 1.29 bits per heavy atom. The predicted molar refractivity (Wildman–Crippen MR) is 73.7 cm³/mol. The highest BCUT2D eigenvalue weighted by molar-refractivity contribution is 7.16. The lowest BCUT2D eigenvalue weighted by Crippen LogP contribution is -2.21. The van der Waals surface area contributed by atoms with Gasteiger partial charge in [0.15, 0.2) is 0 Å². The maximum Gasteiger partial charge on any atom is 0.0931 e. The molecule has 17 heavy (non-hydrogen) atoms. The quantitative estimate of drug-likeness (QED) is 0.893. The Balaban J connectivity index is 1.79. The smallest absolute Gasteiger partial charge is 0.0931 e. The molecule has 0 aliphatic carbocycles. The summed E-state index contributed by atoms with van der Waals surface area (Å²) in [6.07, 6.45) is 4.67. The van der Waals surface area contributed by atoms with Gasteiger partial charge in [-0.3, -0.25) is 4.98 Å². The van der Waals surface area contributed by atoms with E-state index in [0.29, 0.717) is 6.04 Å². The Morgan fingerprint density at radius 2 is 2.06 bits per heavy atom. The van der Waals surface area contributed by atoms with Gasteiger partial charge in [0, 0.05) is 29.9 Å². The van der Waals surface area contributed by atoms with Gasteiger partial charge >= 0.3 is 0 Å². The molecule has 0 saturated heterocycles. The summed E-state index contributed by atoms with van der Waals surface area (Å²) in [6, 6.07) is 8.48. The molecule has 0 bridgehead atoms. The van der Waals surface area contributed by atoms with Crippen LogP contribution in [0, 0.1) is 0 Å². The lowest BCUT2D eigenvalue weighted by Gasteiger charge is -2.13. The monoisotopic (exact) mass is 266 g/mol. The Labute approximate surface area is 111 Å². The summed E-state index contributed by atoms with van der Waals surface area (Å²) in [5.74, 6) is 0. The summed E-state index contributed by atoms with van der Waals surface area (Å²) < 4.78 is 0.863. The van der Waals surface area contributed by atoms with Crippen molar-refractivity contribution in [1.82, 2.24) is 10.3 Å².